The maximum atomic E-state index is 13.5. The number of para-hydroxylation sites is 1. The number of carbonyl (C=O) groups excluding carboxylic acids is 1. The number of sulfonamides is 1. The van der Waals surface area contributed by atoms with Crippen LogP contribution in [-0.2, 0) is 16.4 Å². The highest BCUT2D eigenvalue weighted by atomic mass is 32.2. The van der Waals surface area contributed by atoms with Crippen LogP contribution in [0, 0.1) is 6.92 Å². The molecule has 1 aliphatic rings. The van der Waals surface area contributed by atoms with Gasteiger partial charge >= 0.3 is 5.63 Å². The molecule has 1 aliphatic heterocycles. The van der Waals surface area contributed by atoms with E-state index in [-0.39, 0.29) is 16.2 Å². The number of nitrogens with one attached hydrogen (secondary N) is 1. The largest absolute Gasteiger partial charge is 0.496 e. The van der Waals surface area contributed by atoms with E-state index in [0.717, 1.165) is 16.5 Å². The Hall–Kier alpha value is -4.11. The minimum atomic E-state index is -3.90. The summed E-state index contributed by atoms with van der Waals surface area (Å²) in [5, 5.41) is 3.49. The molecule has 0 bridgehead atoms. The van der Waals surface area contributed by atoms with Crippen LogP contribution in [0.1, 0.15) is 21.5 Å². The van der Waals surface area contributed by atoms with Crippen molar-refractivity contribution in [2.45, 2.75) is 18.2 Å². The van der Waals surface area contributed by atoms with E-state index in [2.05, 4.69) is 5.32 Å². The van der Waals surface area contributed by atoms with Gasteiger partial charge < -0.3 is 14.5 Å². The Balaban J connectivity index is 1.49. The number of rotatable bonds is 5. The van der Waals surface area contributed by atoms with E-state index in [4.69, 9.17) is 9.15 Å². The molecule has 0 spiro atoms. The Kier molecular flexibility index (Phi) is 5.56. The van der Waals surface area contributed by atoms with Gasteiger partial charge in [0.05, 0.1) is 23.3 Å². The monoisotopic (exact) mass is 490 g/mol. The van der Waals surface area contributed by atoms with Crippen LogP contribution in [0.4, 0.5) is 11.4 Å². The van der Waals surface area contributed by atoms with E-state index < -0.39 is 21.6 Å². The molecule has 8 nitrogen and oxygen atoms in total. The zero-order valence-corrected chi connectivity index (χ0v) is 19.9. The van der Waals surface area contributed by atoms with Crippen LogP contribution in [0.3, 0.4) is 0 Å². The van der Waals surface area contributed by atoms with Crippen LogP contribution < -0.4 is 20.0 Å². The van der Waals surface area contributed by atoms with E-state index in [9.17, 15) is 18.0 Å². The zero-order valence-electron chi connectivity index (χ0n) is 19.1. The summed E-state index contributed by atoms with van der Waals surface area (Å²) in [5.74, 6) is -0.332. The second kappa shape index (κ2) is 8.59. The van der Waals surface area contributed by atoms with Crippen LogP contribution in [0.5, 0.6) is 5.75 Å². The molecule has 9 heteroatoms. The van der Waals surface area contributed by atoms with E-state index in [1.54, 1.807) is 37.3 Å². The topological polar surface area (TPSA) is 106 Å². The van der Waals surface area contributed by atoms with E-state index >= 15 is 0 Å². The fourth-order valence-electron chi connectivity index (χ4n) is 4.31. The van der Waals surface area contributed by atoms with Gasteiger partial charge in [-0.05, 0) is 60.9 Å². The van der Waals surface area contributed by atoms with Crippen LogP contribution >= 0.6 is 0 Å². The van der Waals surface area contributed by atoms with Gasteiger partial charge in [-0.25, -0.2) is 13.2 Å². The highest BCUT2D eigenvalue weighted by Crippen LogP contribution is 2.34. The van der Waals surface area contributed by atoms with Gasteiger partial charge in [0.1, 0.15) is 11.3 Å². The van der Waals surface area contributed by atoms with E-state index in [1.807, 2.05) is 12.1 Å². The van der Waals surface area contributed by atoms with Gasteiger partial charge in [0, 0.05) is 29.8 Å². The van der Waals surface area contributed by atoms with Crippen molar-refractivity contribution in [3.8, 4) is 5.75 Å². The van der Waals surface area contributed by atoms with E-state index in [0.29, 0.717) is 29.9 Å². The summed E-state index contributed by atoms with van der Waals surface area (Å²) in [4.78, 5) is 24.9. The molecule has 0 aliphatic carbocycles. The first kappa shape index (κ1) is 22.7. The van der Waals surface area contributed by atoms with Crippen LogP contribution in [0.15, 0.2) is 80.8 Å². The summed E-state index contributed by atoms with van der Waals surface area (Å²) in [7, 11) is -2.49. The van der Waals surface area contributed by atoms with Gasteiger partial charge in [0.25, 0.3) is 15.9 Å². The molecule has 178 valence electrons. The maximum absolute atomic E-state index is 13.5. The Morgan fingerprint density at radius 3 is 2.66 bits per heavy atom. The SMILES string of the molecule is COc1ccc(S(=O)(=O)N2CCc3ccccc32)cc1C(=O)Nc1ccc2c(C)cc(=O)oc2c1. The highest BCUT2D eigenvalue weighted by molar-refractivity contribution is 7.92. The van der Waals surface area contributed by atoms with Gasteiger partial charge in [0.2, 0.25) is 0 Å². The van der Waals surface area contributed by atoms with Crippen molar-refractivity contribution in [2.75, 3.05) is 23.3 Å². The number of anilines is 2. The standard InChI is InChI=1S/C26H22N2O6S/c1-16-13-25(29)34-24-14-18(7-9-20(16)24)27-26(30)21-15-19(8-10-23(21)33-2)35(31,32)28-12-11-17-5-3-4-6-22(17)28/h3-10,13-15H,11-12H2,1-2H3,(H,27,30). The number of fused-ring (bicyclic) bond motifs is 2. The number of methoxy groups -OCH3 is 1. The first-order valence-corrected chi connectivity index (χ1v) is 12.4. The summed E-state index contributed by atoms with van der Waals surface area (Å²) in [5.41, 5.74) is 2.66. The Morgan fingerprint density at radius 2 is 1.86 bits per heavy atom. The first-order chi connectivity index (χ1) is 16.8. The van der Waals surface area contributed by atoms with Crippen molar-refractivity contribution in [2.24, 2.45) is 0 Å². The molecule has 5 rings (SSSR count). The lowest BCUT2D eigenvalue weighted by Crippen LogP contribution is -2.29. The van der Waals surface area contributed by atoms with Gasteiger partial charge in [0.15, 0.2) is 0 Å². The zero-order chi connectivity index (χ0) is 24.7. The second-order valence-electron chi connectivity index (χ2n) is 8.23. The molecule has 1 amide bonds. The molecule has 3 aromatic carbocycles. The number of hydrogen-bond donors (Lipinski definition) is 1. The third kappa shape index (κ3) is 4.04. The third-order valence-electron chi connectivity index (χ3n) is 6.06. The van der Waals surface area contributed by atoms with Gasteiger partial charge in [-0.1, -0.05) is 18.2 Å². The molecule has 0 fully saturated rings. The summed E-state index contributed by atoms with van der Waals surface area (Å²) < 4.78 is 38.8. The number of hydrogen-bond acceptors (Lipinski definition) is 6. The summed E-state index contributed by atoms with van der Waals surface area (Å²) in [6.45, 7) is 2.13. The fraction of sp³-hybridized carbons (Fsp3) is 0.154. The normalized spacial score (nSPS) is 13.0. The molecule has 0 atom stereocenters. The van der Waals surface area contributed by atoms with Gasteiger partial charge in [-0.3, -0.25) is 9.10 Å². The molecule has 0 radical (unpaired) electrons. The predicted molar refractivity (Wildman–Crippen MR) is 133 cm³/mol. The third-order valence-corrected chi connectivity index (χ3v) is 7.87. The number of nitrogens with zero attached hydrogens (tertiary/aromatic N) is 1. The van der Waals surface area contributed by atoms with Gasteiger partial charge in [-0.2, -0.15) is 0 Å². The molecule has 0 saturated heterocycles. The lowest BCUT2D eigenvalue weighted by atomic mass is 10.1. The molecule has 2 heterocycles. The Labute approximate surface area is 201 Å². The minimum absolute atomic E-state index is 0.0136. The highest BCUT2D eigenvalue weighted by Gasteiger charge is 2.31. The Morgan fingerprint density at radius 1 is 1.06 bits per heavy atom. The maximum Gasteiger partial charge on any atom is 0.336 e. The number of benzene rings is 3. The summed E-state index contributed by atoms with van der Waals surface area (Å²) >= 11 is 0. The van der Waals surface area contributed by atoms with Crippen molar-refractivity contribution >= 4 is 38.3 Å². The quantitative estimate of drug-likeness (QED) is 0.422. The molecule has 0 saturated carbocycles. The average Bonchev–Trinajstić information content (AvgIpc) is 3.28. The number of amides is 1. The van der Waals surface area contributed by atoms with Crippen molar-refractivity contribution in [3.63, 3.8) is 0 Å². The van der Waals surface area contributed by atoms with E-state index in [1.165, 1.54) is 35.7 Å². The number of aryl methyl sites for hydroxylation is 1. The minimum Gasteiger partial charge on any atom is -0.496 e. The molecular formula is C26H22N2O6S. The smallest absolute Gasteiger partial charge is 0.336 e. The fourth-order valence-corrected chi connectivity index (χ4v) is 5.84. The van der Waals surface area contributed by atoms with Crippen molar-refractivity contribution in [3.05, 3.63) is 93.8 Å². The molecule has 0 unspecified atom stereocenters. The van der Waals surface area contributed by atoms with Crippen LogP contribution in [-0.4, -0.2) is 28.0 Å². The first-order valence-electron chi connectivity index (χ1n) is 10.9. The molecule has 35 heavy (non-hydrogen) atoms. The average molecular weight is 491 g/mol. The van der Waals surface area contributed by atoms with Crippen LogP contribution in [0.2, 0.25) is 0 Å². The number of carbonyl (C=O) groups is 1. The number of ether oxygens (including phenoxy) is 1. The van der Waals surface area contributed by atoms with Crippen molar-refractivity contribution < 1.29 is 22.4 Å². The molecule has 1 N–H and O–H groups in total. The second-order valence-corrected chi connectivity index (χ2v) is 10.1. The van der Waals surface area contributed by atoms with Crippen LogP contribution in [0.25, 0.3) is 11.0 Å². The van der Waals surface area contributed by atoms with Crippen molar-refractivity contribution in [1.29, 1.82) is 0 Å². The molecule has 1 aromatic heterocycles. The Bertz CT molecular complexity index is 1640. The van der Waals surface area contributed by atoms with Gasteiger partial charge in [-0.15, -0.1) is 0 Å². The molecule has 4 aromatic rings. The lowest BCUT2D eigenvalue weighted by molar-refractivity contribution is 0.102. The van der Waals surface area contributed by atoms with Crippen molar-refractivity contribution in [1.82, 2.24) is 0 Å². The lowest BCUT2D eigenvalue weighted by Gasteiger charge is -2.20. The predicted octanol–water partition coefficient (Wildman–Crippen LogP) is 4.11. The molecular weight excluding hydrogens is 468 g/mol. The summed E-state index contributed by atoms with van der Waals surface area (Å²) in [6, 6.07) is 17.9. The summed E-state index contributed by atoms with van der Waals surface area (Å²) in [6.07, 6.45) is 0.621.